The molecule has 0 N–H and O–H groups in total. The van der Waals surface area contributed by atoms with Gasteiger partial charge in [-0.15, -0.1) is 0 Å². The normalized spacial score (nSPS) is 17.2. The molecule has 0 unspecified atom stereocenters. The zero-order chi connectivity index (χ0) is 11.1. The summed E-state index contributed by atoms with van der Waals surface area (Å²) >= 11 is 0. The number of benzene rings is 1. The molecule has 78 valence electrons. The van der Waals surface area contributed by atoms with Gasteiger partial charge in [-0.1, -0.05) is 24.3 Å². The summed E-state index contributed by atoms with van der Waals surface area (Å²) in [6.45, 7) is 3.04. The van der Waals surface area contributed by atoms with Crippen molar-refractivity contribution in [2.24, 2.45) is 5.41 Å². The molecule has 0 saturated carbocycles. The third-order valence-electron chi connectivity index (χ3n) is 3.45. The fraction of sp³-hybridized carbons (Fsp3) is 0.385. The van der Waals surface area contributed by atoms with Crippen LogP contribution in [0.3, 0.4) is 0 Å². The van der Waals surface area contributed by atoms with Crippen LogP contribution in [0.25, 0.3) is 0 Å². The standard InChI is InChI=1S/C13H14O2/c1-9(14)13(10(2)15)7-11-5-3-4-6-12(11)8-13/h3-6H,7-8H2,1-2H3. The lowest BCUT2D eigenvalue weighted by Gasteiger charge is -2.21. The highest BCUT2D eigenvalue weighted by atomic mass is 16.2. The molecule has 0 saturated heterocycles. The quantitative estimate of drug-likeness (QED) is 0.687. The van der Waals surface area contributed by atoms with Gasteiger partial charge in [0.05, 0.1) is 5.41 Å². The van der Waals surface area contributed by atoms with Crippen LogP contribution in [0.4, 0.5) is 0 Å². The van der Waals surface area contributed by atoms with E-state index in [1.807, 2.05) is 24.3 Å². The van der Waals surface area contributed by atoms with Crippen LogP contribution in [-0.4, -0.2) is 11.6 Å². The topological polar surface area (TPSA) is 34.1 Å². The van der Waals surface area contributed by atoms with E-state index in [2.05, 4.69) is 0 Å². The van der Waals surface area contributed by atoms with Crippen LogP contribution in [0.1, 0.15) is 25.0 Å². The summed E-state index contributed by atoms with van der Waals surface area (Å²) in [5.41, 5.74) is 1.51. The molecule has 0 aliphatic heterocycles. The van der Waals surface area contributed by atoms with E-state index in [-0.39, 0.29) is 11.6 Å². The van der Waals surface area contributed by atoms with E-state index < -0.39 is 5.41 Å². The largest absolute Gasteiger partial charge is 0.299 e. The van der Waals surface area contributed by atoms with E-state index in [1.165, 1.54) is 13.8 Å². The van der Waals surface area contributed by atoms with Gasteiger partial charge >= 0.3 is 0 Å². The lowest BCUT2D eigenvalue weighted by atomic mass is 9.77. The molecule has 2 nitrogen and oxygen atoms in total. The monoisotopic (exact) mass is 202 g/mol. The highest BCUT2D eigenvalue weighted by molar-refractivity contribution is 6.06. The van der Waals surface area contributed by atoms with Crippen LogP contribution >= 0.6 is 0 Å². The van der Waals surface area contributed by atoms with Gasteiger partial charge in [0.2, 0.25) is 0 Å². The van der Waals surface area contributed by atoms with Crippen LogP contribution in [0.5, 0.6) is 0 Å². The van der Waals surface area contributed by atoms with Crippen molar-refractivity contribution < 1.29 is 9.59 Å². The molecule has 2 rings (SSSR count). The molecule has 0 amide bonds. The Balaban J connectivity index is 2.45. The van der Waals surface area contributed by atoms with Gasteiger partial charge in [0.1, 0.15) is 11.6 Å². The Morgan fingerprint density at radius 2 is 1.40 bits per heavy atom. The second-order valence-electron chi connectivity index (χ2n) is 4.32. The molecule has 0 bridgehead atoms. The van der Waals surface area contributed by atoms with Crippen LogP contribution in [0.2, 0.25) is 0 Å². The van der Waals surface area contributed by atoms with Crippen molar-refractivity contribution in [1.29, 1.82) is 0 Å². The number of hydrogen-bond donors (Lipinski definition) is 0. The Morgan fingerprint density at radius 3 is 1.73 bits per heavy atom. The summed E-state index contributed by atoms with van der Waals surface area (Å²) < 4.78 is 0. The summed E-state index contributed by atoms with van der Waals surface area (Å²) in [6.07, 6.45) is 1.15. The van der Waals surface area contributed by atoms with Crippen molar-refractivity contribution in [2.75, 3.05) is 0 Å². The summed E-state index contributed by atoms with van der Waals surface area (Å²) in [4.78, 5) is 23.3. The smallest absolute Gasteiger partial charge is 0.144 e. The first-order valence-corrected chi connectivity index (χ1v) is 5.15. The van der Waals surface area contributed by atoms with Crippen LogP contribution in [-0.2, 0) is 22.4 Å². The number of carbonyl (C=O) groups is 2. The molecule has 0 radical (unpaired) electrons. The highest BCUT2D eigenvalue weighted by Crippen LogP contribution is 2.38. The third-order valence-corrected chi connectivity index (χ3v) is 3.45. The number of ketones is 2. The van der Waals surface area contributed by atoms with Crippen LogP contribution < -0.4 is 0 Å². The fourth-order valence-electron chi connectivity index (χ4n) is 2.36. The summed E-state index contributed by atoms with van der Waals surface area (Å²) in [7, 11) is 0. The van der Waals surface area contributed by atoms with Crippen molar-refractivity contribution in [3.05, 3.63) is 35.4 Å². The molecular weight excluding hydrogens is 188 g/mol. The van der Waals surface area contributed by atoms with Gasteiger partial charge in [-0.25, -0.2) is 0 Å². The maximum absolute atomic E-state index is 11.7. The van der Waals surface area contributed by atoms with E-state index in [9.17, 15) is 9.59 Å². The Labute approximate surface area is 89.3 Å². The molecule has 2 heteroatoms. The molecule has 1 aromatic rings. The fourth-order valence-corrected chi connectivity index (χ4v) is 2.36. The molecule has 0 atom stereocenters. The van der Waals surface area contributed by atoms with Crippen molar-refractivity contribution in [2.45, 2.75) is 26.7 Å². The van der Waals surface area contributed by atoms with Crippen LogP contribution in [0.15, 0.2) is 24.3 Å². The summed E-state index contributed by atoms with van der Waals surface area (Å²) in [6, 6.07) is 7.91. The van der Waals surface area contributed by atoms with Gasteiger partial charge in [0, 0.05) is 0 Å². The van der Waals surface area contributed by atoms with E-state index in [0.717, 1.165) is 11.1 Å². The van der Waals surface area contributed by atoms with E-state index in [4.69, 9.17) is 0 Å². The second-order valence-corrected chi connectivity index (χ2v) is 4.32. The lowest BCUT2D eigenvalue weighted by Crippen LogP contribution is -2.37. The van der Waals surface area contributed by atoms with Gasteiger partial charge in [0.15, 0.2) is 0 Å². The van der Waals surface area contributed by atoms with Crippen molar-refractivity contribution in [3.8, 4) is 0 Å². The van der Waals surface area contributed by atoms with Crippen molar-refractivity contribution >= 4 is 11.6 Å². The second kappa shape index (κ2) is 3.30. The maximum Gasteiger partial charge on any atom is 0.144 e. The predicted molar refractivity (Wildman–Crippen MR) is 57.6 cm³/mol. The first-order chi connectivity index (χ1) is 7.06. The van der Waals surface area contributed by atoms with Crippen molar-refractivity contribution in [1.82, 2.24) is 0 Å². The van der Waals surface area contributed by atoms with E-state index in [1.54, 1.807) is 0 Å². The number of carbonyl (C=O) groups excluding carboxylic acids is 2. The Morgan fingerprint density at radius 1 is 1.00 bits per heavy atom. The first-order valence-electron chi connectivity index (χ1n) is 5.15. The number of hydrogen-bond acceptors (Lipinski definition) is 2. The minimum absolute atomic E-state index is 0.00815. The number of Topliss-reactive ketones (excluding diaryl/α,β-unsaturated/α-hetero) is 2. The summed E-state index contributed by atoms with van der Waals surface area (Å²) in [5, 5.41) is 0. The number of rotatable bonds is 2. The Hall–Kier alpha value is -1.44. The molecule has 0 heterocycles. The van der Waals surface area contributed by atoms with Crippen molar-refractivity contribution in [3.63, 3.8) is 0 Å². The number of fused-ring (bicyclic) bond motifs is 1. The minimum Gasteiger partial charge on any atom is -0.299 e. The molecular formula is C13H14O2. The highest BCUT2D eigenvalue weighted by Gasteiger charge is 2.45. The molecule has 0 aromatic heterocycles. The Bertz CT molecular complexity index is 391. The molecule has 1 aromatic carbocycles. The third kappa shape index (κ3) is 1.41. The predicted octanol–water partition coefficient (Wildman–Crippen LogP) is 1.95. The minimum atomic E-state index is -0.774. The molecule has 0 spiro atoms. The maximum atomic E-state index is 11.7. The first kappa shape index (κ1) is 10.1. The van der Waals surface area contributed by atoms with Gasteiger partial charge < -0.3 is 0 Å². The van der Waals surface area contributed by atoms with Gasteiger partial charge in [0.25, 0.3) is 0 Å². The molecule has 1 aliphatic carbocycles. The SMILES string of the molecule is CC(=O)C1(C(C)=O)Cc2ccccc2C1. The summed E-state index contributed by atoms with van der Waals surface area (Å²) in [5.74, 6) is -0.0163. The van der Waals surface area contributed by atoms with Gasteiger partial charge in [-0.3, -0.25) is 9.59 Å². The van der Waals surface area contributed by atoms with Crippen LogP contribution in [0, 0.1) is 5.41 Å². The molecule has 0 fully saturated rings. The lowest BCUT2D eigenvalue weighted by molar-refractivity contribution is -0.137. The Kier molecular flexibility index (Phi) is 2.22. The zero-order valence-corrected chi connectivity index (χ0v) is 9.04. The molecule has 1 aliphatic rings. The average Bonchev–Trinajstić information content (AvgIpc) is 2.57. The zero-order valence-electron chi connectivity index (χ0n) is 9.04. The van der Waals surface area contributed by atoms with Gasteiger partial charge in [-0.05, 0) is 37.8 Å². The average molecular weight is 202 g/mol. The molecule has 15 heavy (non-hydrogen) atoms. The van der Waals surface area contributed by atoms with E-state index in [0.29, 0.717) is 12.8 Å². The van der Waals surface area contributed by atoms with E-state index >= 15 is 0 Å². The van der Waals surface area contributed by atoms with Gasteiger partial charge in [-0.2, -0.15) is 0 Å².